The van der Waals surface area contributed by atoms with Crippen LogP contribution in [0.2, 0.25) is 0 Å². The third kappa shape index (κ3) is 2.55. The van der Waals surface area contributed by atoms with Gasteiger partial charge in [0.05, 0.1) is 0 Å². The lowest BCUT2D eigenvalue weighted by Crippen LogP contribution is -2.43. The molecule has 1 aliphatic rings. The summed E-state index contributed by atoms with van der Waals surface area (Å²) in [6.07, 6.45) is 4.35. The molecule has 1 saturated heterocycles. The van der Waals surface area contributed by atoms with Crippen molar-refractivity contribution in [3.8, 4) is 0 Å². The van der Waals surface area contributed by atoms with E-state index in [0.717, 1.165) is 31.4 Å². The van der Waals surface area contributed by atoms with Gasteiger partial charge in [0.1, 0.15) is 5.82 Å². The number of halogens is 1. The molecule has 1 fully saturated rings. The van der Waals surface area contributed by atoms with Crippen LogP contribution in [0.15, 0.2) is 18.2 Å². The van der Waals surface area contributed by atoms with Crippen LogP contribution < -0.4 is 0 Å². The van der Waals surface area contributed by atoms with Crippen LogP contribution in [0, 0.1) is 12.7 Å². The number of hydrogen-bond donors (Lipinski definition) is 0. The van der Waals surface area contributed by atoms with Gasteiger partial charge in [0.15, 0.2) is 0 Å². The van der Waals surface area contributed by atoms with E-state index in [1.54, 1.807) is 13.0 Å². The molecule has 1 aromatic carbocycles. The molecule has 0 N–H and O–H groups in total. The number of aryl methyl sites for hydroxylation is 1. The molecule has 98 valence electrons. The van der Waals surface area contributed by atoms with Gasteiger partial charge in [-0.05, 0) is 56.4 Å². The molecular weight excluding hydrogens is 229 g/mol. The fourth-order valence-corrected chi connectivity index (χ4v) is 2.71. The third-order valence-corrected chi connectivity index (χ3v) is 3.78. The van der Waals surface area contributed by atoms with E-state index in [4.69, 9.17) is 0 Å². The molecule has 2 nitrogen and oxygen atoms in total. The maximum atomic E-state index is 13.1. The lowest BCUT2D eigenvalue weighted by molar-refractivity contribution is 0.0607. The zero-order chi connectivity index (χ0) is 13.1. The van der Waals surface area contributed by atoms with Gasteiger partial charge in [-0.1, -0.05) is 6.92 Å². The second kappa shape index (κ2) is 5.51. The molecule has 0 aliphatic carbocycles. The van der Waals surface area contributed by atoms with Gasteiger partial charge in [-0.15, -0.1) is 0 Å². The van der Waals surface area contributed by atoms with Crippen molar-refractivity contribution in [1.29, 1.82) is 0 Å². The summed E-state index contributed by atoms with van der Waals surface area (Å²) in [5, 5.41) is 0. The maximum absolute atomic E-state index is 13.1. The van der Waals surface area contributed by atoms with Crippen molar-refractivity contribution in [1.82, 2.24) is 4.90 Å². The summed E-state index contributed by atoms with van der Waals surface area (Å²) in [4.78, 5) is 14.5. The summed E-state index contributed by atoms with van der Waals surface area (Å²) in [6, 6.07) is 4.74. The van der Waals surface area contributed by atoms with Crippen molar-refractivity contribution in [2.24, 2.45) is 0 Å². The summed E-state index contributed by atoms with van der Waals surface area (Å²) in [6.45, 7) is 4.74. The Kier molecular flexibility index (Phi) is 4.00. The number of piperidine rings is 1. The van der Waals surface area contributed by atoms with E-state index in [1.165, 1.54) is 18.6 Å². The number of likely N-dealkylation sites (tertiary alicyclic amines) is 1. The number of rotatable bonds is 2. The van der Waals surface area contributed by atoms with Crippen molar-refractivity contribution in [2.45, 2.75) is 45.6 Å². The largest absolute Gasteiger partial charge is 0.336 e. The SMILES string of the molecule is CCC1CCCCN1C(=O)c1ccc(F)cc1C. The first-order valence-corrected chi connectivity index (χ1v) is 6.70. The molecule has 1 aromatic rings. The van der Waals surface area contributed by atoms with E-state index in [-0.39, 0.29) is 11.7 Å². The first kappa shape index (κ1) is 13.1. The summed E-state index contributed by atoms with van der Waals surface area (Å²) >= 11 is 0. The molecule has 0 aromatic heterocycles. The summed E-state index contributed by atoms with van der Waals surface area (Å²) in [5.74, 6) is -0.228. The normalized spacial score (nSPS) is 19.9. The lowest BCUT2D eigenvalue weighted by atomic mass is 9.98. The van der Waals surface area contributed by atoms with Crippen LogP contribution in [0.25, 0.3) is 0 Å². The molecule has 1 heterocycles. The molecule has 3 heteroatoms. The van der Waals surface area contributed by atoms with Gasteiger partial charge in [0, 0.05) is 18.2 Å². The molecule has 1 atom stereocenters. The van der Waals surface area contributed by atoms with Crippen LogP contribution in [0.4, 0.5) is 4.39 Å². The van der Waals surface area contributed by atoms with Gasteiger partial charge < -0.3 is 4.90 Å². The van der Waals surface area contributed by atoms with E-state index in [0.29, 0.717) is 11.6 Å². The molecule has 1 aliphatic heterocycles. The van der Waals surface area contributed by atoms with Crippen LogP contribution in [0.1, 0.15) is 48.5 Å². The minimum Gasteiger partial charge on any atom is -0.336 e. The topological polar surface area (TPSA) is 20.3 Å². The summed E-state index contributed by atoms with van der Waals surface area (Å²) < 4.78 is 13.1. The van der Waals surface area contributed by atoms with Crippen molar-refractivity contribution < 1.29 is 9.18 Å². The zero-order valence-electron chi connectivity index (χ0n) is 11.1. The van der Waals surface area contributed by atoms with E-state index in [2.05, 4.69) is 6.92 Å². The highest BCUT2D eigenvalue weighted by Gasteiger charge is 2.26. The van der Waals surface area contributed by atoms with Crippen LogP contribution >= 0.6 is 0 Å². The average Bonchev–Trinajstić information content (AvgIpc) is 2.38. The van der Waals surface area contributed by atoms with Gasteiger partial charge in [0.2, 0.25) is 0 Å². The number of amides is 1. The number of benzene rings is 1. The van der Waals surface area contributed by atoms with E-state index < -0.39 is 0 Å². The van der Waals surface area contributed by atoms with Crippen LogP contribution in [0.5, 0.6) is 0 Å². The van der Waals surface area contributed by atoms with Crippen molar-refractivity contribution in [3.63, 3.8) is 0 Å². The molecular formula is C15H20FNO. The highest BCUT2D eigenvalue weighted by atomic mass is 19.1. The highest BCUT2D eigenvalue weighted by Crippen LogP contribution is 2.23. The first-order valence-electron chi connectivity index (χ1n) is 6.70. The maximum Gasteiger partial charge on any atom is 0.254 e. The molecule has 0 bridgehead atoms. The van der Waals surface area contributed by atoms with Gasteiger partial charge in [0.25, 0.3) is 5.91 Å². The quantitative estimate of drug-likeness (QED) is 0.785. The monoisotopic (exact) mass is 249 g/mol. The molecule has 1 amide bonds. The summed E-state index contributed by atoms with van der Waals surface area (Å²) in [7, 11) is 0. The Morgan fingerprint density at radius 3 is 2.89 bits per heavy atom. The van der Waals surface area contributed by atoms with Gasteiger partial charge >= 0.3 is 0 Å². The van der Waals surface area contributed by atoms with Crippen LogP contribution in [-0.4, -0.2) is 23.4 Å². The number of carbonyl (C=O) groups is 1. The Morgan fingerprint density at radius 1 is 1.44 bits per heavy atom. The minimum absolute atomic E-state index is 0.0547. The number of carbonyl (C=O) groups excluding carboxylic acids is 1. The second-order valence-electron chi connectivity index (χ2n) is 5.02. The van der Waals surface area contributed by atoms with Crippen molar-refractivity contribution in [2.75, 3.05) is 6.54 Å². The Bertz CT molecular complexity index is 444. The molecule has 1 unspecified atom stereocenters. The van der Waals surface area contributed by atoms with Crippen molar-refractivity contribution in [3.05, 3.63) is 35.1 Å². The number of nitrogens with zero attached hydrogens (tertiary/aromatic N) is 1. The predicted octanol–water partition coefficient (Wildman–Crippen LogP) is 3.54. The smallest absolute Gasteiger partial charge is 0.254 e. The highest BCUT2D eigenvalue weighted by molar-refractivity contribution is 5.95. The van der Waals surface area contributed by atoms with Crippen LogP contribution in [0.3, 0.4) is 0 Å². The van der Waals surface area contributed by atoms with E-state index >= 15 is 0 Å². The van der Waals surface area contributed by atoms with Gasteiger partial charge in [-0.3, -0.25) is 4.79 Å². The Morgan fingerprint density at radius 2 is 2.22 bits per heavy atom. The standard InChI is InChI=1S/C15H20FNO/c1-3-13-6-4-5-9-17(13)15(18)14-8-7-12(16)10-11(14)2/h7-8,10,13H,3-6,9H2,1-2H3. The van der Waals surface area contributed by atoms with Gasteiger partial charge in [-0.2, -0.15) is 0 Å². The van der Waals surface area contributed by atoms with E-state index in [9.17, 15) is 9.18 Å². The third-order valence-electron chi connectivity index (χ3n) is 3.78. The lowest BCUT2D eigenvalue weighted by Gasteiger charge is -2.35. The Hall–Kier alpha value is -1.38. The average molecular weight is 249 g/mol. The fourth-order valence-electron chi connectivity index (χ4n) is 2.71. The van der Waals surface area contributed by atoms with Gasteiger partial charge in [-0.25, -0.2) is 4.39 Å². The molecule has 0 saturated carbocycles. The van der Waals surface area contributed by atoms with Crippen LogP contribution in [-0.2, 0) is 0 Å². The first-order chi connectivity index (χ1) is 8.63. The zero-order valence-corrected chi connectivity index (χ0v) is 11.1. The van der Waals surface area contributed by atoms with Crippen molar-refractivity contribution >= 4 is 5.91 Å². The molecule has 18 heavy (non-hydrogen) atoms. The molecule has 2 rings (SSSR count). The Balaban J connectivity index is 2.24. The minimum atomic E-state index is -0.283. The molecule has 0 radical (unpaired) electrons. The fraction of sp³-hybridized carbons (Fsp3) is 0.533. The second-order valence-corrected chi connectivity index (χ2v) is 5.02. The Labute approximate surface area is 108 Å². The summed E-state index contributed by atoms with van der Waals surface area (Å²) in [5.41, 5.74) is 1.36. The van der Waals surface area contributed by atoms with E-state index in [1.807, 2.05) is 4.90 Å². The number of hydrogen-bond acceptors (Lipinski definition) is 1. The predicted molar refractivity (Wildman–Crippen MR) is 70.1 cm³/mol. The molecule has 0 spiro atoms.